The SMILES string of the molecule is CC(=O)OCC1O[C@H](Nc2ncc(C(=O)C34CC5CC(CC(C5)C3)C4)s2)C[C@@H](OC(C)=O)C1OC(C)=O. The fraction of sp³-hybridized carbons (Fsp3) is 0.731. The van der Waals surface area contributed by atoms with Crippen LogP contribution >= 0.6 is 11.3 Å². The molecule has 2 unspecified atom stereocenters. The maximum Gasteiger partial charge on any atom is 0.303 e. The molecule has 1 aliphatic heterocycles. The van der Waals surface area contributed by atoms with Gasteiger partial charge in [-0.1, -0.05) is 11.3 Å². The molecule has 11 heteroatoms. The molecule has 1 aromatic heterocycles. The lowest BCUT2D eigenvalue weighted by atomic mass is 9.48. The Morgan fingerprint density at radius 3 is 2.16 bits per heavy atom. The molecule has 1 aromatic rings. The van der Waals surface area contributed by atoms with E-state index in [2.05, 4.69) is 10.3 Å². The van der Waals surface area contributed by atoms with Gasteiger partial charge in [-0.05, 0) is 56.3 Å². The highest BCUT2D eigenvalue weighted by molar-refractivity contribution is 7.17. The van der Waals surface area contributed by atoms with Gasteiger partial charge in [0.15, 0.2) is 17.0 Å². The van der Waals surface area contributed by atoms with E-state index in [4.69, 9.17) is 18.9 Å². The number of aromatic nitrogens is 1. The number of thiazole rings is 1. The molecule has 5 fully saturated rings. The second kappa shape index (κ2) is 10.3. The largest absolute Gasteiger partial charge is 0.463 e. The summed E-state index contributed by atoms with van der Waals surface area (Å²) in [6, 6.07) is 0. The van der Waals surface area contributed by atoms with Crippen LogP contribution in [0.15, 0.2) is 6.20 Å². The summed E-state index contributed by atoms with van der Waals surface area (Å²) in [5, 5.41) is 3.70. The second-order valence-electron chi connectivity index (χ2n) is 11.1. The number of hydrogen-bond acceptors (Lipinski definition) is 11. The first-order chi connectivity index (χ1) is 17.6. The van der Waals surface area contributed by atoms with Crippen LogP contribution in [-0.2, 0) is 33.3 Å². The molecule has 4 aliphatic carbocycles. The van der Waals surface area contributed by atoms with Gasteiger partial charge in [0, 0.05) is 32.6 Å². The number of Topliss-reactive ketones (excluding diaryl/α,β-unsaturated/α-hetero) is 1. The third kappa shape index (κ3) is 5.67. The molecule has 4 saturated carbocycles. The van der Waals surface area contributed by atoms with E-state index < -0.39 is 42.4 Å². The number of hydrogen-bond donors (Lipinski definition) is 1. The predicted molar refractivity (Wildman–Crippen MR) is 132 cm³/mol. The topological polar surface area (TPSA) is 130 Å². The molecule has 1 N–H and O–H groups in total. The third-order valence-corrected chi connectivity index (χ3v) is 9.05. The Labute approximate surface area is 219 Å². The zero-order valence-electron chi connectivity index (χ0n) is 21.4. The van der Waals surface area contributed by atoms with E-state index in [1.54, 1.807) is 6.20 Å². The molecule has 1 saturated heterocycles. The van der Waals surface area contributed by atoms with Crippen molar-refractivity contribution in [1.82, 2.24) is 4.98 Å². The normalized spacial score (nSPS) is 36.0. The summed E-state index contributed by atoms with van der Waals surface area (Å²) in [6.45, 7) is 3.60. The summed E-state index contributed by atoms with van der Waals surface area (Å²) in [4.78, 5) is 53.7. The van der Waals surface area contributed by atoms with Gasteiger partial charge in [-0.3, -0.25) is 19.2 Å². The smallest absolute Gasteiger partial charge is 0.303 e. The fourth-order valence-corrected chi connectivity index (χ4v) is 8.18. The predicted octanol–water partition coefficient (Wildman–Crippen LogP) is 3.50. The minimum absolute atomic E-state index is 0.173. The molecule has 2 heterocycles. The number of esters is 3. The molecule has 0 amide bonds. The average molecular weight is 535 g/mol. The highest BCUT2D eigenvalue weighted by Crippen LogP contribution is 2.61. The summed E-state index contributed by atoms with van der Waals surface area (Å²) in [6.07, 6.45) is 5.29. The van der Waals surface area contributed by atoms with E-state index in [0.717, 1.165) is 19.3 Å². The summed E-state index contributed by atoms with van der Waals surface area (Å²) < 4.78 is 22.0. The van der Waals surface area contributed by atoms with Crippen LogP contribution in [0.2, 0.25) is 0 Å². The average Bonchev–Trinajstić information content (AvgIpc) is 3.25. The highest BCUT2D eigenvalue weighted by Gasteiger charge is 2.55. The van der Waals surface area contributed by atoms with Gasteiger partial charge in [0.25, 0.3) is 0 Å². The van der Waals surface area contributed by atoms with Crippen molar-refractivity contribution < 1.29 is 38.1 Å². The fourth-order valence-electron chi connectivity index (χ4n) is 7.26. The Balaban J connectivity index is 1.29. The number of nitrogens with zero attached hydrogens (tertiary/aromatic N) is 1. The van der Waals surface area contributed by atoms with Gasteiger partial charge < -0.3 is 24.3 Å². The van der Waals surface area contributed by atoms with Crippen LogP contribution in [0.25, 0.3) is 0 Å². The molecule has 0 spiro atoms. The molecule has 0 radical (unpaired) electrons. The summed E-state index contributed by atoms with van der Waals surface area (Å²) in [5.74, 6) is 0.611. The monoisotopic (exact) mass is 534 g/mol. The highest BCUT2D eigenvalue weighted by atomic mass is 32.1. The van der Waals surface area contributed by atoms with E-state index in [1.807, 2.05) is 0 Å². The van der Waals surface area contributed by atoms with Crippen molar-refractivity contribution in [2.45, 2.75) is 90.3 Å². The van der Waals surface area contributed by atoms with Gasteiger partial charge in [-0.2, -0.15) is 0 Å². The van der Waals surface area contributed by atoms with E-state index in [0.29, 0.717) is 27.8 Å². The van der Waals surface area contributed by atoms with Crippen molar-refractivity contribution >= 4 is 40.2 Å². The van der Waals surface area contributed by atoms with Crippen molar-refractivity contribution in [3.63, 3.8) is 0 Å². The number of rotatable bonds is 8. The maximum atomic E-state index is 13.7. The van der Waals surface area contributed by atoms with Gasteiger partial charge in [0.2, 0.25) is 0 Å². The van der Waals surface area contributed by atoms with Crippen molar-refractivity contribution in [2.75, 3.05) is 11.9 Å². The molecule has 37 heavy (non-hydrogen) atoms. The molecule has 202 valence electrons. The Morgan fingerprint density at radius 2 is 1.59 bits per heavy atom. The Hall–Kier alpha value is -2.53. The van der Waals surface area contributed by atoms with Crippen LogP contribution in [0, 0.1) is 23.2 Å². The Kier molecular flexibility index (Phi) is 7.28. The number of carbonyl (C=O) groups is 4. The number of anilines is 1. The molecule has 0 aromatic carbocycles. The van der Waals surface area contributed by atoms with Crippen LogP contribution < -0.4 is 5.32 Å². The second-order valence-corrected chi connectivity index (χ2v) is 12.2. The maximum absolute atomic E-state index is 13.7. The number of carbonyl (C=O) groups excluding carboxylic acids is 4. The van der Waals surface area contributed by atoms with Gasteiger partial charge in [-0.25, -0.2) is 4.98 Å². The lowest BCUT2D eigenvalue weighted by Gasteiger charge is -2.55. The standard InChI is InChI=1S/C26H34N2O8S/c1-13(29)33-12-20-23(35-15(3)31)19(34-14(2)30)7-22(36-20)28-25-27-11-21(37-25)24(32)26-8-16-4-17(9-26)6-18(5-16)10-26/h11,16-20,22-23H,4-10,12H2,1-3H3,(H,27,28)/t16?,17?,18?,19-,20?,22+,23?,26?/m1/s1. The van der Waals surface area contributed by atoms with E-state index in [-0.39, 0.29) is 24.2 Å². The summed E-state index contributed by atoms with van der Waals surface area (Å²) in [7, 11) is 0. The summed E-state index contributed by atoms with van der Waals surface area (Å²) >= 11 is 1.30. The van der Waals surface area contributed by atoms with Gasteiger partial charge in [-0.15, -0.1) is 0 Å². The Bertz CT molecular complexity index is 1040. The lowest BCUT2D eigenvalue weighted by Crippen LogP contribution is -2.55. The van der Waals surface area contributed by atoms with Crippen molar-refractivity contribution in [1.29, 1.82) is 0 Å². The van der Waals surface area contributed by atoms with Crippen LogP contribution in [0.1, 0.15) is 75.4 Å². The molecular weight excluding hydrogens is 500 g/mol. The number of nitrogens with one attached hydrogen (secondary N) is 1. The minimum atomic E-state index is -0.941. The van der Waals surface area contributed by atoms with Gasteiger partial charge >= 0.3 is 17.9 Å². The quantitative estimate of drug-likeness (QED) is 0.300. The minimum Gasteiger partial charge on any atom is -0.463 e. The van der Waals surface area contributed by atoms with Crippen molar-refractivity contribution in [3.8, 4) is 0 Å². The van der Waals surface area contributed by atoms with Gasteiger partial charge in [0.1, 0.15) is 25.0 Å². The van der Waals surface area contributed by atoms with Gasteiger partial charge in [0.05, 0.1) is 11.1 Å². The number of ketones is 1. The molecule has 4 bridgehead atoms. The van der Waals surface area contributed by atoms with Crippen LogP contribution in [-0.4, -0.2) is 59.8 Å². The first-order valence-electron chi connectivity index (χ1n) is 13.0. The summed E-state index contributed by atoms with van der Waals surface area (Å²) in [5.41, 5.74) is -0.243. The lowest BCUT2D eigenvalue weighted by molar-refractivity contribution is -0.211. The van der Waals surface area contributed by atoms with E-state index >= 15 is 0 Å². The van der Waals surface area contributed by atoms with Crippen LogP contribution in [0.4, 0.5) is 5.13 Å². The number of ether oxygens (including phenoxy) is 4. The van der Waals surface area contributed by atoms with Crippen LogP contribution in [0.5, 0.6) is 0 Å². The molecule has 4 atom stereocenters. The molecule has 5 aliphatic rings. The first kappa shape index (κ1) is 26.1. The van der Waals surface area contributed by atoms with E-state index in [9.17, 15) is 19.2 Å². The van der Waals surface area contributed by atoms with Crippen molar-refractivity contribution in [3.05, 3.63) is 11.1 Å². The molecular formula is C26H34N2O8S. The first-order valence-corrected chi connectivity index (χ1v) is 13.8. The molecule has 10 nitrogen and oxygen atoms in total. The Morgan fingerprint density at radius 1 is 0.973 bits per heavy atom. The third-order valence-electron chi connectivity index (χ3n) is 8.12. The zero-order chi connectivity index (χ0) is 26.3. The zero-order valence-corrected chi connectivity index (χ0v) is 22.2. The van der Waals surface area contributed by atoms with Crippen molar-refractivity contribution in [2.24, 2.45) is 23.2 Å². The molecule has 6 rings (SSSR count). The van der Waals surface area contributed by atoms with Crippen LogP contribution in [0.3, 0.4) is 0 Å². The van der Waals surface area contributed by atoms with E-state index in [1.165, 1.54) is 51.4 Å².